The van der Waals surface area contributed by atoms with Crippen molar-refractivity contribution in [1.82, 2.24) is 5.32 Å². The molecule has 0 aromatic heterocycles. The van der Waals surface area contributed by atoms with Crippen LogP contribution in [0.1, 0.15) is 72.1 Å². The molecule has 110 valence electrons. The summed E-state index contributed by atoms with van der Waals surface area (Å²) in [5.41, 5.74) is 0.514. The van der Waals surface area contributed by atoms with Crippen molar-refractivity contribution in [2.45, 2.75) is 72.1 Å². The molecule has 0 amide bonds. The first-order chi connectivity index (χ1) is 8.74. The fourth-order valence-electron chi connectivity index (χ4n) is 2.57. The van der Waals surface area contributed by atoms with Gasteiger partial charge in [0.15, 0.2) is 0 Å². The van der Waals surface area contributed by atoms with Gasteiger partial charge in [0, 0.05) is 20.2 Å². The minimum atomic E-state index is 0.514. The zero-order valence-electron chi connectivity index (χ0n) is 13.2. The van der Waals surface area contributed by atoms with Crippen molar-refractivity contribution in [3.63, 3.8) is 0 Å². The molecule has 0 aliphatic heterocycles. The van der Waals surface area contributed by atoms with Crippen molar-refractivity contribution in [3.05, 3.63) is 0 Å². The first-order valence-corrected chi connectivity index (χ1v) is 7.94. The Labute approximate surface area is 115 Å². The number of methoxy groups -OCH3 is 1. The highest BCUT2D eigenvalue weighted by Crippen LogP contribution is 2.32. The molecule has 0 rings (SSSR count). The fourth-order valence-corrected chi connectivity index (χ4v) is 2.57. The predicted molar refractivity (Wildman–Crippen MR) is 81.1 cm³/mol. The van der Waals surface area contributed by atoms with Gasteiger partial charge in [-0.1, -0.05) is 52.9 Å². The van der Waals surface area contributed by atoms with Crippen LogP contribution >= 0.6 is 0 Å². The Morgan fingerprint density at radius 2 is 1.61 bits per heavy atom. The molecule has 0 atom stereocenters. The first kappa shape index (κ1) is 17.9. The number of rotatable bonds is 13. The van der Waals surface area contributed by atoms with Gasteiger partial charge in [-0.3, -0.25) is 0 Å². The SMILES string of the molecule is CCCCCCCC(CC)(CC)CNCCOC. The van der Waals surface area contributed by atoms with Gasteiger partial charge in [-0.05, 0) is 24.7 Å². The number of ether oxygens (including phenoxy) is 1. The van der Waals surface area contributed by atoms with Crippen LogP contribution < -0.4 is 5.32 Å². The summed E-state index contributed by atoms with van der Waals surface area (Å²) in [6.45, 7) is 9.91. The van der Waals surface area contributed by atoms with Gasteiger partial charge < -0.3 is 10.1 Å². The van der Waals surface area contributed by atoms with Gasteiger partial charge in [0.2, 0.25) is 0 Å². The van der Waals surface area contributed by atoms with E-state index in [1.807, 2.05) is 0 Å². The monoisotopic (exact) mass is 257 g/mol. The quantitative estimate of drug-likeness (QED) is 0.494. The summed E-state index contributed by atoms with van der Waals surface area (Å²) < 4.78 is 5.09. The maximum absolute atomic E-state index is 5.09. The van der Waals surface area contributed by atoms with E-state index in [4.69, 9.17) is 4.74 Å². The number of hydrogen-bond donors (Lipinski definition) is 1. The minimum absolute atomic E-state index is 0.514. The summed E-state index contributed by atoms with van der Waals surface area (Å²) >= 11 is 0. The molecular weight excluding hydrogens is 222 g/mol. The standard InChI is InChI=1S/C16H35NO/c1-5-8-9-10-11-12-16(6-2,7-3)15-17-13-14-18-4/h17H,5-15H2,1-4H3. The van der Waals surface area contributed by atoms with Crippen molar-refractivity contribution in [3.8, 4) is 0 Å². The van der Waals surface area contributed by atoms with Gasteiger partial charge in [-0.2, -0.15) is 0 Å². The Balaban J connectivity index is 3.85. The van der Waals surface area contributed by atoms with E-state index in [-0.39, 0.29) is 0 Å². The molecule has 0 aliphatic rings. The van der Waals surface area contributed by atoms with Crippen LogP contribution in [0.4, 0.5) is 0 Å². The molecule has 2 heteroatoms. The van der Waals surface area contributed by atoms with Gasteiger partial charge in [-0.15, -0.1) is 0 Å². The first-order valence-electron chi connectivity index (χ1n) is 7.94. The van der Waals surface area contributed by atoms with E-state index in [9.17, 15) is 0 Å². The second kappa shape index (κ2) is 12.0. The summed E-state index contributed by atoms with van der Waals surface area (Å²) in [5.74, 6) is 0. The van der Waals surface area contributed by atoms with E-state index < -0.39 is 0 Å². The third-order valence-corrected chi connectivity index (χ3v) is 4.29. The largest absolute Gasteiger partial charge is 0.383 e. The summed E-state index contributed by atoms with van der Waals surface area (Å²) in [5, 5.41) is 3.56. The van der Waals surface area contributed by atoms with Crippen LogP contribution in [0, 0.1) is 5.41 Å². The van der Waals surface area contributed by atoms with Gasteiger partial charge in [-0.25, -0.2) is 0 Å². The van der Waals surface area contributed by atoms with Gasteiger partial charge in [0.05, 0.1) is 6.61 Å². The number of unbranched alkanes of at least 4 members (excludes halogenated alkanes) is 4. The normalized spacial score (nSPS) is 12.0. The Morgan fingerprint density at radius 1 is 0.944 bits per heavy atom. The molecule has 0 spiro atoms. The average Bonchev–Trinajstić information content (AvgIpc) is 2.41. The van der Waals surface area contributed by atoms with Gasteiger partial charge in [0.1, 0.15) is 0 Å². The molecule has 0 fully saturated rings. The van der Waals surface area contributed by atoms with Crippen LogP contribution in [-0.2, 0) is 4.74 Å². The Hall–Kier alpha value is -0.0800. The van der Waals surface area contributed by atoms with Crippen LogP contribution in [0.2, 0.25) is 0 Å². The van der Waals surface area contributed by atoms with E-state index in [1.165, 1.54) is 51.4 Å². The van der Waals surface area contributed by atoms with Crippen LogP contribution in [0.5, 0.6) is 0 Å². The van der Waals surface area contributed by atoms with Crippen molar-refractivity contribution in [2.75, 3.05) is 26.8 Å². The number of hydrogen-bond acceptors (Lipinski definition) is 2. The van der Waals surface area contributed by atoms with Crippen molar-refractivity contribution >= 4 is 0 Å². The lowest BCUT2D eigenvalue weighted by Gasteiger charge is -2.32. The predicted octanol–water partition coefficient (Wildman–Crippen LogP) is 4.39. The van der Waals surface area contributed by atoms with E-state index in [2.05, 4.69) is 26.1 Å². The smallest absolute Gasteiger partial charge is 0.0587 e. The molecule has 0 aromatic rings. The molecule has 18 heavy (non-hydrogen) atoms. The Kier molecular flexibility index (Phi) is 11.9. The zero-order valence-corrected chi connectivity index (χ0v) is 13.2. The van der Waals surface area contributed by atoms with E-state index >= 15 is 0 Å². The van der Waals surface area contributed by atoms with Crippen molar-refractivity contribution in [1.29, 1.82) is 0 Å². The van der Waals surface area contributed by atoms with Crippen molar-refractivity contribution in [2.24, 2.45) is 5.41 Å². The third kappa shape index (κ3) is 8.10. The highest BCUT2D eigenvalue weighted by atomic mass is 16.5. The summed E-state index contributed by atoms with van der Waals surface area (Å²) in [6.07, 6.45) is 10.9. The molecule has 0 heterocycles. The van der Waals surface area contributed by atoms with Crippen LogP contribution in [-0.4, -0.2) is 26.8 Å². The molecule has 0 radical (unpaired) electrons. The molecular formula is C16H35NO. The third-order valence-electron chi connectivity index (χ3n) is 4.29. The van der Waals surface area contributed by atoms with Gasteiger partial charge >= 0.3 is 0 Å². The topological polar surface area (TPSA) is 21.3 Å². The average molecular weight is 257 g/mol. The van der Waals surface area contributed by atoms with E-state index in [1.54, 1.807) is 7.11 Å². The maximum atomic E-state index is 5.09. The molecule has 0 aromatic carbocycles. The van der Waals surface area contributed by atoms with E-state index in [0.29, 0.717) is 5.41 Å². The molecule has 0 saturated carbocycles. The number of nitrogens with one attached hydrogen (secondary N) is 1. The lowest BCUT2D eigenvalue weighted by Crippen LogP contribution is -2.35. The van der Waals surface area contributed by atoms with Gasteiger partial charge in [0.25, 0.3) is 0 Å². The molecule has 0 saturated heterocycles. The van der Waals surface area contributed by atoms with Crippen LogP contribution in [0.25, 0.3) is 0 Å². The maximum Gasteiger partial charge on any atom is 0.0587 e. The fraction of sp³-hybridized carbons (Fsp3) is 1.00. The molecule has 0 aliphatic carbocycles. The van der Waals surface area contributed by atoms with Crippen LogP contribution in [0.3, 0.4) is 0 Å². The lowest BCUT2D eigenvalue weighted by atomic mass is 9.77. The minimum Gasteiger partial charge on any atom is -0.383 e. The molecule has 0 bridgehead atoms. The van der Waals surface area contributed by atoms with Crippen LogP contribution in [0.15, 0.2) is 0 Å². The molecule has 1 N–H and O–H groups in total. The summed E-state index contributed by atoms with van der Waals surface area (Å²) in [4.78, 5) is 0. The highest BCUT2D eigenvalue weighted by Gasteiger charge is 2.24. The van der Waals surface area contributed by atoms with E-state index in [0.717, 1.165) is 19.7 Å². The second-order valence-electron chi connectivity index (χ2n) is 5.54. The second-order valence-corrected chi connectivity index (χ2v) is 5.54. The zero-order chi connectivity index (χ0) is 13.7. The Bertz CT molecular complexity index is 166. The molecule has 2 nitrogen and oxygen atoms in total. The molecule has 0 unspecified atom stereocenters. The Morgan fingerprint density at radius 3 is 2.17 bits per heavy atom. The summed E-state index contributed by atoms with van der Waals surface area (Å²) in [6, 6.07) is 0. The lowest BCUT2D eigenvalue weighted by molar-refractivity contribution is 0.179. The van der Waals surface area contributed by atoms with Crippen molar-refractivity contribution < 1.29 is 4.74 Å². The highest BCUT2D eigenvalue weighted by molar-refractivity contribution is 4.79. The summed E-state index contributed by atoms with van der Waals surface area (Å²) in [7, 11) is 1.77.